The van der Waals surface area contributed by atoms with Gasteiger partial charge in [0.2, 0.25) is 12.7 Å². The van der Waals surface area contributed by atoms with Gasteiger partial charge in [-0.3, -0.25) is 9.69 Å². The third-order valence-electron chi connectivity index (χ3n) is 5.64. The van der Waals surface area contributed by atoms with Crippen LogP contribution in [-0.4, -0.2) is 62.0 Å². The van der Waals surface area contributed by atoms with Crippen molar-refractivity contribution in [2.24, 2.45) is 0 Å². The van der Waals surface area contributed by atoms with Crippen molar-refractivity contribution >= 4 is 28.2 Å². The summed E-state index contributed by atoms with van der Waals surface area (Å²) in [6.45, 7) is 9.80. The maximum atomic E-state index is 12.9. The van der Waals surface area contributed by atoms with E-state index in [2.05, 4.69) is 10.2 Å². The molecule has 1 saturated heterocycles. The Morgan fingerprint density at radius 2 is 1.91 bits per heavy atom. The Labute approximate surface area is 197 Å². The first kappa shape index (κ1) is 23.5. The Kier molecular flexibility index (Phi) is 7.21. The average molecular weight is 475 g/mol. The first-order valence-corrected chi connectivity index (χ1v) is 12.0. The van der Waals surface area contributed by atoms with Gasteiger partial charge in [-0.05, 0) is 51.0 Å². The summed E-state index contributed by atoms with van der Waals surface area (Å²) in [4.78, 5) is 28.7. The van der Waals surface area contributed by atoms with Crippen molar-refractivity contribution in [1.29, 1.82) is 0 Å². The summed E-state index contributed by atoms with van der Waals surface area (Å²) in [5, 5.41) is 3.50. The van der Waals surface area contributed by atoms with E-state index in [1.54, 1.807) is 6.92 Å². The minimum Gasteiger partial charge on any atom is -0.462 e. The van der Waals surface area contributed by atoms with Crippen LogP contribution in [0.3, 0.4) is 0 Å². The number of rotatable bonds is 7. The molecule has 2 aliphatic rings. The predicted octanol–water partition coefficient (Wildman–Crippen LogP) is 3.60. The highest BCUT2D eigenvalue weighted by molar-refractivity contribution is 7.17. The molecule has 1 N–H and O–H groups in total. The smallest absolute Gasteiger partial charge is 0.341 e. The topological polar surface area (TPSA) is 86.3 Å². The zero-order chi connectivity index (χ0) is 23.5. The molecule has 1 amide bonds. The lowest BCUT2D eigenvalue weighted by Gasteiger charge is -2.34. The summed E-state index contributed by atoms with van der Waals surface area (Å²) in [5.74, 6) is 0.869. The van der Waals surface area contributed by atoms with Gasteiger partial charge in [-0.1, -0.05) is 6.07 Å². The first-order chi connectivity index (χ1) is 15.8. The number of fused-ring (bicyclic) bond motifs is 1. The maximum absolute atomic E-state index is 12.9. The summed E-state index contributed by atoms with van der Waals surface area (Å²) in [5.41, 5.74) is 2.28. The van der Waals surface area contributed by atoms with Gasteiger partial charge in [0.15, 0.2) is 11.5 Å². The molecule has 1 fully saturated rings. The molecule has 2 unspecified atom stereocenters. The maximum Gasteiger partial charge on any atom is 0.341 e. The van der Waals surface area contributed by atoms with Crippen LogP contribution in [-0.2, 0) is 20.7 Å². The zero-order valence-corrected chi connectivity index (χ0v) is 20.3. The highest BCUT2D eigenvalue weighted by Gasteiger charge is 2.27. The van der Waals surface area contributed by atoms with E-state index in [-0.39, 0.29) is 38.1 Å². The minimum atomic E-state index is -0.424. The van der Waals surface area contributed by atoms with Gasteiger partial charge in [-0.25, -0.2) is 4.79 Å². The van der Waals surface area contributed by atoms with E-state index < -0.39 is 5.97 Å². The van der Waals surface area contributed by atoms with Crippen molar-refractivity contribution < 1.29 is 28.5 Å². The summed E-state index contributed by atoms with van der Waals surface area (Å²) in [6, 6.07) is 5.82. The highest BCUT2D eigenvalue weighted by Crippen LogP contribution is 2.37. The number of nitrogens with one attached hydrogen (secondary N) is 1. The number of benzene rings is 1. The zero-order valence-electron chi connectivity index (χ0n) is 19.4. The van der Waals surface area contributed by atoms with Crippen LogP contribution in [0.5, 0.6) is 11.5 Å². The fourth-order valence-corrected chi connectivity index (χ4v) is 5.53. The van der Waals surface area contributed by atoms with Gasteiger partial charge >= 0.3 is 5.97 Å². The largest absolute Gasteiger partial charge is 0.462 e. The second-order valence-corrected chi connectivity index (χ2v) is 9.54. The van der Waals surface area contributed by atoms with Crippen LogP contribution in [0.4, 0.5) is 5.00 Å². The molecule has 0 radical (unpaired) electrons. The Hall–Kier alpha value is -2.62. The monoisotopic (exact) mass is 474 g/mol. The second-order valence-electron chi connectivity index (χ2n) is 8.44. The number of morpholine rings is 1. The Bertz CT molecular complexity index is 1030. The molecule has 0 bridgehead atoms. The molecule has 0 spiro atoms. The molecule has 1 aromatic carbocycles. The summed E-state index contributed by atoms with van der Waals surface area (Å²) >= 11 is 1.41. The van der Waals surface area contributed by atoms with E-state index in [1.807, 2.05) is 39.0 Å². The van der Waals surface area contributed by atoms with Crippen LogP contribution < -0.4 is 14.8 Å². The standard InChI is InChI=1S/C24H30N2O6S/c1-5-29-24(28)22-16(4)20(9-17-6-7-18-19(8-17)31-13-30-18)33-23(22)25-21(27)12-26-10-14(2)32-15(3)11-26/h6-8,14-15H,5,9-13H2,1-4H3,(H,25,27). The van der Waals surface area contributed by atoms with Gasteiger partial charge in [0.1, 0.15) is 5.00 Å². The number of carbonyl (C=O) groups excluding carboxylic acids is 2. The molecule has 178 valence electrons. The summed E-state index contributed by atoms with van der Waals surface area (Å²) in [6.07, 6.45) is 0.760. The normalized spacial score (nSPS) is 20.0. The van der Waals surface area contributed by atoms with Gasteiger partial charge in [0.25, 0.3) is 0 Å². The lowest BCUT2D eigenvalue weighted by Crippen LogP contribution is -2.48. The van der Waals surface area contributed by atoms with Crippen molar-refractivity contribution in [1.82, 2.24) is 4.90 Å². The molecule has 0 saturated carbocycles. The minimum absolute atomic E-state index is 0.0777. The number of hydrogen-bond acceptors (Lipinski definition) is 8. The number of ether oxygens (including phenoxy) is 4. The Balaban J connectivity index is 1.53. The number of amides is 1. The lowest BCUT2D eigenvalue weighted by molar-refractivity contribution is -0.121. The van der Waals surface area contributed by atoms with Crippen LogP contribution in [0.25, 0.3) is 0 Å². The van der Waals surface area contributed by atoms with Crippen molar-refractivity contribution in [2.75, 3.05) is 38.4 Å². The van der Waals surface area contributed by atoms with E-state index in [0.29, 0.717) is 30.1 Å². The number of esters is 1. The molecule has 0 aliphatic carbocycles. The van der Waals surface area contributed by atoms with Crippen LogP contribution in [0.1, 0.15) is 47.1 Å². The molecule has 4 rings (SSSR count). The molecule has 2 aromatic rings. The van der Waals surface area contributed by atoms with Crippen LogP contribution >= 0.6 is 11.3 Å². The fraction of sp³-hybridized carbons (Fsp3) is 0.500. The predicted molar refractivity (Wildman–Crippen MR) is 125 cm³/mol. The van der Waals surface area contributed by atoms with Gasteiger partial charge < -0.3 is 24.3 Å². The number of nitrogens with zero attached hydrogens (tertiary/aromatic N) is 1. The quantitative estimate of drug-likeness (QED) is 0.614. The molecule has 3 heterocycles. The van der Waals surface area contributed by atoms with Crippen molar-refractivity contribution in [3.63, 3.8) is 0 Å². The van der Waals surface area contributed by atoms with E-state index in [1.165, 1.54) is 11.3 Å². The molecule has 1 aromatic heterocycles. The first-order valence-electron chi connectivity index (χ1n) is 11.2. The number of anilines is 1. The van der Waals surface area contributed by atoms with Gasteiger partial charge in [-0.15, -0.1) is 11.3 Å². The van der Waals surface area contributed by atoms with E-state index >= 15 is 0 Å². The van der Waals surface area contributed by atoms with Crippen LogP contribution in [0, 0.1) is 6.92 Å². The molecule has 2 aliphatic heterocycles. The number of hydrogen-bond donors (Lipinski definition) is 1. The van der Waals surface area contributed by atoms with Gasteiger partial charge in [0.05, 0.1) is 30.9 Å². The van der Waals surface area contributed by atoms with Crippen molar-refractivity contribution in [3.8, 4) is 11.5 Å². The molecule has 9 heteroatoms. The molecular formula is C24H30N2O6S. The summed E-state index contributed by atoms with van der Waals surface area (Å²) < 4.78 is 21.9. The Morgan fingerprint density at radius 3 is 2.64 bits per heavy atom. The molecule has 8 nitrogen and oxygen atoms in total. The average Bonchev–Trinajstić information content (AvgIpc) is 3.31. The van der Waals surface area contributed by atoms with Crippen molar-refractivity contribution in [3.05, 3.63) is 39.8 Å². The van der Waals surface area contributed by atoms with E-state index in [0.717, 1.165) is 27.5 Å². The lowest BCUT2D eigenvalue weighted by atomic mass is 10.1. The van der Waals surface area contributed by atoms with Gasteiger partial charge in [-0.2, -0.15) is 0 Å². The highest BCUT2D eigenvalue weighted by atomic mass is 32.1. The van der Waals surface area contributed by atoms with Crippen LogP contribution in [0.15, 0.2) is 18.2 Å². The van der Waals surface area contributed by atoms with E-state index in [4.69, 9.17) is 18.9 Å². The van der Waals surface area contributed by atoms with E-state index in [9.17, 15) is 9.59 Å². The third kappa shape index (κ3) is 5.48. The van der Waals surface area contributed by atoms with Crippen LogP contribution in [0.2, 0.25) is 0 Å². The number of thiophene rings is 1. The number of carbonyl (C=O) groups is 2. The fourth-order valence-electron chi connectivity index (χ4n) is 4.29. The van der Waals surface area contributed by atoms with Crippen molar-refractivity contribution in [2.45, 2.75) is 46.3 Å². The molecule has 33 heavy (non-hydrogen) atoms. The summed E-state index contributed by atoms with van der Waals surface area (Å²) in [7, 11) is 0. The SMILES string of the molecule is CCOC(=O)c1c(NC(=O)CN2CC(C)OC(C)C2)sc(Cc2ccc3c(c2)OCO3)c1C. The third-order valence-corrected chi connectivity index (χ3v) is 6.85. The van der Waals surface area contributed by atoms with Gasteiger partial charge in [0, 0.05) is 24.4 Å². The second kappa shape index (κ2) is 10.1. The molecular weight excluding hydrogens is 444 g/mol. The molecule has 2 atom stereocenters. The Morgan fingerprint density at radius 1 is 1.18 bits per heavy atom.